The maximum atomic E-state index is 13.4. The maximum Gasteiger partial charge on any atom is 0.258 e. The Hall–Kier alpha value is -2.04. The van der Waals surface area contributed by atoms with Gasteiger partial charge in [-0.1, -0.05) is 36.2 Å². The van der Waals surface area contributed by atoms with E-state index < -0.39 is 16.1 Å². The van der Waals surface area contributed by atoms with Crippen molar-refractivity contribution in [2.24, 2.45) is 5.92 Å². The van der Waals surface area contributed by atoms with Crippen LogP contribution in [0, 0.1) is 5.92 Å². The first kappa shape index (κ1) is 27.5. The molecule has 8 nitrogen and oxygen atoms in total. The van der Waals surface area contributed by atoms with Crippen molar-refractivity contribution in [2.75, 3.05) is 37.7 Å². The number of carbonyl (C=O) groups excluding carboxylic acids is 1. The summed E-state index contributed by atoms with van der Waals surface area (Å²) in [5.74, 6) is -0.0111. The molecule has 0 fully saturated rings. The number of hydrogen-bond donors (Lipinski definition) is 2. The molecular formula is C24H31Cl2N3O5S. The summed E-state index contributed by atoms with van der Waals surface area (Å²) in [6, 6.07) is 9.74. The highest BCUT2D eigenvalue weighted by atomic mass is 35.5. The summed E-state index contributed by atoms with van der Waals surface area (Å²) in [6.45, 7) is 5.12. The quantitative estimate of drug-likeness (QED) is 0.526. The standard InChI is InChI=1S/C24H31Cl2N3O5S/c1-15-11-29(16(2)14-30)24(31)19-10-18(27-35(4,32)33)6-8-22(19)34-23(15)13-28(3)12-17-5-7-20(25)21(26)9-17/h5-10,15-16,23,27,30H,11-14H2,1-4H3/t15-,16-,23-/m1/s1. The van der Waals surface area contributed by atoms with E-state index in [2.05, 4.69) is 9.62 Å². The molecule has 0 bridgehead atoms. The number of aliphatic hydroxyl groups is 1. The van der Waals surface area contributed by atoms with E-state index >= 15 is 0 Å². The van der Waals surface area contributed by atoms with Gasteiger partial charge in [-0.05, 0) is 49.9 Å². The van der Waals surface area contributed by atoms with Crippen LogP contribution in [0.15, 0.2) is 36.4 Å². The van der Waals surface area contributed by atoms with E-state index in [1.165, 1.54) is 6.07 Å². The molecule has 1 heterocycles. The first-order valence-corrected chi connectivity index (χ1v) is 13.9. The van der Waals surface area contributed by atoms with Gasteiger partial charge in [-0.25, -0.2) is 8.42 Å². The zero-order valence-corrected chi connectivity index (χ0v) is 22.5. The van der Waals surface area contributed by atoms with E-state index in [1.54, 1.807) is 30.0 Å². The molecule has 0 saturated heterocycles. The largest absolute Gasteiger partial charge is 0.488 e. The van der Waals surface area contributed by atoms with Gasteiger partial charge < -0.3 is 14.7 Å². The number of nitrogens with zero attached hydrogens (tertiary/aromatic N) is 2. The molecule has 0 aromatic heterocycles. The van der Waals surface area contributed by atoms with Crippen LogP contribution >= 0.6 is 23.2 Å². The summed E-state index contributed by atoms with van der Waals surface area (Å²) in [4.78, 5) is 17.1. The lowest BCUT2D eigenvalue weighted by molar-refractivity contribution is 0.0341. The van der Waals surface area contributed by atoms with E-state index in [1.807, 2.05) is 26.1 Å². The van der Waals surface area contributed by atoms with Crippen LogP contribution < -0.4 is 9.46 Å². The Labute approximate surface area is 216 Å². The van der Waals surface area contributed by atoms with E-state index in [-0.39, 0.29) is 35.8 Å². The molecule has 1 amide bonds. The maximum absolute atomic E-state index is 13.4. The molecule has 0 radical (unpaired) electrons. The summed E-state index contributed by atoms with van der Waals surface area (Å²) in [5.41, 5.74) is 1.51. The number of rotatable bonds is 8. The molecule has 1 aliphatic rings. The molecule has 0 unspecified atom stereocenters. The lowest BCUT2D eigenvalue weighted by Crippen LogP contribution is -2.49. The summed E-state index contributed by atoms with van der Waals surface area (Å²) in [7, 11) is -1.55. The van der Waals surface area contributed by atoms with E-state index in [0.717, 1.165) is 11.8 Å². The third-order valence-corrected chi connectivity index (χ3v) is 7.24. The molecule has 11 heteroatoms. The average molecular weight is 545 g/mol. The van der Waals surface area contributed by atoms with Crippen LogP contribution in [0.3, 0.4) is 0 Å². The van der Waals surface area contributed by atoms with Gasteiger partial charge in [0.15, 0.2) is 0 Å². The number of likely N-dealkylation sites (N-methyl/N-ethyl adjacent to an activating group) is 1. The molecular weight excluding hydrogens is 513 g/mol. The fraction of sp³-hybridized carbons (Fsp3) is 0.458. The SMILES string of the molecule is C[C@@H]1CN([C@H](C)CO)C(=O)c2cc(NS(C)(=O)=O)ccc2O[C@@H]1CN(C)Cc1ccc(Cl)c(Cl)c1. The summed E-state index contributed by atoms with van der Waals surface area (Å²) in [6.07, 6.45) is 0.764. The summed E-state index contributed by atoms with van der Waals surface area (Å²) < 4.78 is 32.2. The van der Waals surface area contributed by atoms with Crippen LogP contribution in [-0.4, -0.2) is 74.4 Å². The number of anilines is 1. The van der Waals surface area contributed by atoms with Crippen molar-refractivity contribution in [3.8, 4) is 5.75 Å². The van der Waals surface area contributed by atoms with Crippen LogP contribution in [0.5, 0.6) is 5.75 Å². The number of benzene rings is 2. The molecule has 35 heavy (non-hydrogen) atoms. The van der Waals surface area contributed by atoms with E-state index in [0.29, 0.717) is 35.4 Å². The van der Waals surface area contributed by atoms with Crippen molar-refractivity contribution in [1.29, 1.82) is 0 Å². The minimum atomic E-state index is -3.52. The summed E-state index contributed by atoms with van der Waals surface area (Å²) in [5, 5.41) is 10.8. The first-order chi connectivity index (χ1) is 16.4. The number of nitrogens with one attached hydrogen (secondary N) is 1. The van der Waals surface area contributed by atoms with Crippen molar-refractivity contribution < 1.29 is 23.1 Å². The van der Waals surface area contributed by atoms with E-state index in [4.69, 9.17) is 27.9 Å². The van der Waals surface area contributed by atoms with Gasteiger partial charge in [-0.15, -0.1) is 0 Å². The van der Waals surface area contributed by atoms with Crippen molar-refractivity contribution >= 4 is 44.8 Å². The zero-order chi connectivity index (χ0) is 25.9. The topological polar surface area (TPSA) is 99.2 Å². The van der Waals surface area contributed by atoms with Crippen LogP contribution in [0.2, 0.25) is 10.0 Å². The van der Waals surface area contributed by atoms with Crippen molar-refractivity contribution in [3.05, 3.63) is 57.6 Å². The first-order valence-electron chi connectivity index (χ1n) is 11.2. The second-order valence-electron chi connectivity index (χ2n) is 9.15. The second kappa shape index (κ2) is 11.3. The molecule has 2 aromatic rings. The van der Waals surface area contributed by atoms with Crippen LogP contribution in [0.4, 0.5) is 5.69 Å². The summed E-state index contributed by atoms with van der Waals surface area (Å²) >= 11 is 12.2. The van der Waals surface area contributed by atoms with Gasteiger partial charge in [0, 0.05) is 31.2 Å². The molecule has 2 N–H and O–H groups in total. The number of fused-ring (bicyclic) bond motifs is 1. The Morgan fingerprint density at radius 2 is 1.94 bits per heavy atom. The Morgan fingerprint density at radius 3 is 2.57 bits per heavy atom. The third kappa shape index (κ3) is 7.24. The lowest BCUT2D eigenvalue weighted by atomic mass is 9.99. The fourth-order valence-corrected chi connectivity index (χ4v) is 4.92. The van der Waals surface area contributed by atoms with Gasteiger partial charge >= 0.3 is 0 Å². The molecule has 0 aliphatic carbocycles. The van der Waals surface area contributed by atoms with Crippen molar-refractivity contribution in [1.82, 2.24) is 9.80 Å². The average Bonchev–Trinajstić information content (AvgIpc) is 2.77. The third-order valence-electron chi connectivity index (χ3n) is 5.90. The highest BCUT2D eigenvalue weighted by molar-refractivity contribution is 7.92. The highest BCUT2D eigenvalue weighted by Crippen LogP contribution is 2.31. The number of ether oxygens (including phenoxy) is 1. The number of aliphatic hydroxyl groups excluding tert-OH is 1. The van der Waals surface area contributed by atoms with Gasteiger partial charge in [0.1, 0.15) is 11.9 Å². The highest BCUT2D eigenvalue weighted by Gasteiger charge is 2.33. The predicted molar refractivity (Wildman–Crippen MR) is 139 cm³/mol. The molecule has 0 saturated carbocycles. The van der Waals surface area contributed by atoms with Crippen LogP contribution in [0.25, 0.3) is 0 Å². The molecule has 3 rings (SSSR count). The number of halogens is 2. The Morgan fingerprint density at radius 1 is 1.23 bits per heavy atom. The smallest absolute Gasteiger partial charge is 0.258 e. The monoisotopic (exact) mass is 543 g/mol. The number of hydrogen-bond acceptors (Lipinski definition) is 6. The van der Waals surface area contributed by atoms with Crippen molar-refractivity contribution in [3.63, 3.8) is 0 Å². The molecule has 2 aromatic carbocycles. The Kier molecular flexibility index (Phi) is 8.93. The van der Waals surface area contributed by atoms with E-state index in [9.17, 15) is 18.3 Å². The predicted octanol–water partition coefficient (Wildman–Crippen LogP) is 3.72. The Balaban J connectivity index is 1.90. The zero-order valence-electron chi connectivity index (χ0n) is 20.2. The van der Waals surface area contributed by atoms with Crippen LogP contribution in [-0.2, 0) is 16.6 Å². The van der Waals surface area contributed by atoms with Gasteiger partial charge in [-0.2, -0.15) is 0 Å². The number of sulfonamides is 1. The van der Waals surface area contributed by atoms with Crippen LogP contribution in [0.1, 0.15) is 29.8 Å². The van der Waals surface area contributed by atoms with Gasteiger partial charge in [0.2, 0.25) is 10.0 Å². The van der Waals surface area contributed by atoms with Gasteiger partial charge in [-0.3, -0.25) is 14.4 Å². The number of amides is 1. The van der Waals surface area contributed by atoms with Gasteiger partial charge in [0.25, 0.3) is 5.91 Å². The minimum absolute atomic E-state index is 0.0498. The van der Waals surface area contributed by atoms with Gasteiger partial charge in [0.05, 0.1) is 34.5 Å². The fourth-order valence-electron chi connectivity index (χ4n) is 4.04. The lowest BCUT2D eigenvalue weighted by Gasteiger charge is -2.38. The minimum Gasteiger partial charge on any atom is -0.488 e. The second-order valence-corrected chi connectivity index (χ2v) is 11.7. The Bertz CT molecular complexity index is 1180. The van der Waals surface area contributed by atoms with Crippen molar-refractivity contribution in [2.45, 2.75) is 32.5 Å². The molecule has 3 atom stereocenters. The molecule has 1 aliphatic heterocycles. The number of carbonyl (C=O) groups is 1. The molecule has 192 valence electrons. The molecule has 0 spiro atoms. The normalized spacial score (nSPS) is 19.5.